The van der Waals surface area contributed by atoms with E-state index < -0.39 is 5.97 Å². The highest BCUT2D eigenvalue weighted by Crippen LogP contribution is 2.22. The van der Waals surface area contributed by atoms with E-state index in [1.165, 1.54) is 0 Å². The van der Waals surface area contributed by atoms with Crippen LogP contribution in [0, 0.1) is 13.8 Å². The van der Waals surface area contributed by atoms with Crippen molar-refractivity contribution in [2.45, 2.75) is 20.5 Å². The number of nitrogens with zero attached hydrogens (tertiary/aromatic N) is 1. The summed E-state index contributed by atoms with van der Waals surface area (Å²) in [7, 11) is 0. The Morgan fingerprint density at radius 1 is 1.44 bits per heavy atom. The molecule has 2 aromatic rings. The van der Waals surface area contributed by atoms with Crippen LogP contribution < -0.4 is 4.74 Å². The predicted octanol–water partition coefficient (Wildman–Crippen LogP) is 2.57. The lowest BCUT2D eigenvalue weighted by Gasteiger charge is -2.09. The third-order valence-corrected chi connectivity index (χ3v) is 2.56. The van der Waals surface area contributed by atoms with Crippen LogP contribution in [0.5, 0.6) is 5.75 Å². The number of carboxylic acid groups (broad SMARTS) is 1. The Morgan fingerprint density at radius 3 is 2.83 bits per heavy atom. The number of hydrogen-bond acceptors (Lipinski definition) is 4. The number of carboxylic acids is 1. The summed E-state index contributed by atoms with van der Waals surface area (Å²) in [6, 6.07) is 6.70. The van der Waals surface area contributed by atoms with Gasteiger partial charge in [0.2, 0.25) is 0 Å². The maximum atomic E-state index is 11.0. The minimum absolute atomic E-state index is 0.227. The van der Waals surface area contributed by atoms with Crippen molar-refractivity contribution in [3.63, 3.8) is 0 Å². The van der Waals surface area contributed by atoms with Crippen LogP contribution in [-0.2, 0) is 6.61 Å². The minimum atomic E-state index is -0.964. The van der Waals surface area contributed by atoms with E-state index in [1.54, 1.807) is 31.2 Å². The zero-order chi connectivity index (χ0) is 13.1. The molecule has 5 nitrogen and oxygen atoms in total. The van der Waals surface area contributed by atoms with E-state index in [0.29, 0.717) is 17.1 Å². The summed E-state index contributed by atoms with van der Waals surface area (Å²) in [6.07, 6.45) is 0. The van der Waals surface area contributed by atoms with E-state index in [9.17, 15) is 4.79 Å². The molecule has 5 heteroatoms. The molecule has 2 rings (SSSR count). The Kier molecular flexibility index (Phi) is 3.32. The van der Waals surface area contributed by atoms with Crippen LogP contribution in [0.2, 0.25) is 0 Å². The van der Waals surface area contributed by atoms with Gasteiger partial charge in [0.25, 0.3) is 0 Å². The molecule has 0 radical (unpaired) electrons. The molecule has 0 unspecified atom stereocenters. The zero-order valence-electron chi connectivity index (χ0n) is 10.1. The molecule has 18 heavy (non-hydrogen) atoms. The van der Waals surface area contributed by atoms with Gasteiger partial charge in [-0.05, 0) is 26.0 Å². The van der Waals surface area contributed by atoms with Crippen LogP contribution in [0.1, 0.15) is 27.4 Å². The number of rotatable bonds is 4. The minimum Gasteiger partial charge on any atom is -0.485 e. The smallest absolute Gasteiger partial charge is 0.336 e. The van der Waals surface area contributed by atoms with Crippen LogP contribution in [0.15, 0.2) is 28.8 Å². The van der Waals surface area contributed by atoms with Crippen LogP contribution in [0.25, 0.3) is 0 Å². The van der Waals surface area contributed by atoms with Gasteiger partial charge in [0, 0.05) is 11.6 Å². The molecule has 0 amide bonds. The largest absolute Gasteiger partial charge is 0.485 e. The fourth-order valence-electron chi connectivity index (χ4n) is 1.64. The van der Waals surface area contributed by atoms with Gasteiger partial charge in [0.15, 0.2) is 5.76 Å². The topological polar surface area (TPSA) is 72.6 Å². The van der Waals surface area contributed by atoms with Gasteiger partial charge in [-0.2, -0.15) is 0 Å². The van der Waals surface area contributed by atoms with Crippen molar-refractivity contribution < 1.29 is 19.2 Å². The summed E-state index contributed by atoms with van der Waals surface area (Å²) in [6.45, 7) is 3.76. The first-order valence-electron chi connectivity index (χ1n) is 5.46. The van der Waals surface area contributed by atoms with Crippen molar-refractivity contribution in [1.82, 2.24) is 5.16 Å². The Hall–Kier alpha value is -2.30. The molecule has 0 fully saturated rings. The van der Waals surface area contributed by atoms with Crippen molar-refractivity contribution in [2.24, 2.45) is 0 Å². The quantitative estimate of drug-likeness (QED) is 0.898. The average molecular weight is 247 g/mol. The number of hydrogen-bond donors (Lipinski definition) is 1. The van der Waals surface area contributed by atoms with Crippen LogP contribution in [-0.4, -0.2) is 16.2 Å². The van der Waals surface area contributed by atoms with Gasteiger partial charge in [-0.25, -0.2) is 4.79 Å². The standard InChI is InChI=1S/C13H13NO4/c1-8-6-10(18-14-8)7-17-12-5-3-4-11(9(12)2)13(15)16/h3-6H,7H2,1-2H3,(H,15,16). The molecular formula is C13H13NO4. The Balaban J connectivity index is 2.14. The van der Waals surface area contributed by atoms with E-state index in [2.05, 4.69) is 5.16 Å². The molecule has 0 aliphatic rings. The number of carbonyl (C=O) groups is 1. The number of benzene rings is 1. The molecule has 0 atom stereocenters. The highest BCUT2D eigenvalue weighted by molar-refractivity contribution is 5.90. The second kappa shape index (κ2) is 4.91. The molecule has 0 saturated heterocycles. The van der Waals surface area contributed by atoms with Gasteiger partial charge >= 0.3 is 5.97 Å². The summed E-state index contributed by atoms with van der Waals surface area (Å²) in [5, 5.41) is 12.7. The van der Waals surface area contributed by atoms with Crippen molar-refractivity contribution in [2.75, 3.05) is 0 Å². The normalized spacial score (nSPS) is 10.3. The van der Waals surface area contributed by atoms with Crippen molar-refractivity contribution in [3.8, 4) is 5.75 Å². The molecule has 0 saturated carbocycles. The second-order valence-electron chi connectivity index (χ2n) is 3.96. The SMILES string of the molecule is Cc1cc(COc2cccc(C(=O)O)c2C)on1. The lowest BCUT2D eigenvalue weighted by molar-refractivity contribution is 0.0695. The molecule has 0 bridgehead atoms. The Morgan fingerprint density at radius 2 is 2.22 bits per heavy atom. The Bertz CT molecular complexity index is 574. The molecule has 1 N–H and O–H groups in total. The van der Waals surface area contributed by atoms with Gasteiger partial charge in [-0.15, -0.1) is 0 Å². The van der Waals surface area contributed by atoms with Gasteiger partial charge in [-0.1, -0.05) is 11.2 Å². The molecule has 1 aromatic carbocycles. The van der Waals surface area contributed by atoms with Crippen molar-refractivity contribution >= 4 is 5.97 Å². The lowest BCUT2D eigenvalue weighted by atomic mass is 10.1. The van der Waals surface area contributed by atoms with E-state index in [0.717, 1.165) is 5.69 Å². The summed E-state index contributed by atoms with van der Waals surface area (Å²) < 4.78 is 10.5. The van der Waals surface area contributed by atoms with E-state index in [1.807, 2.05) is 6.92 Å². The second-order valence-corrected chi connectivity index (χ2v) is 3.96. The maximum absolute atomic E-state index is 11.0. The lowest BCUT2D eigenvalue weighted by Crippen LogP contribution is -2.03. The van der Waals surface area contributed by atoms with Crippen LogP contribution in [0.3, 0.4) is 0 Å². The van der Waals surface area contributed by atoms with Crippen LogP contribution >= 0.6 is 0 Å². The van der Waals surface area contributed by atoms with E-state index >= 15 is 0 Å². The van der Waals surface area contributed by atoms with E-state index in [-0.39, 0.29) is 12.2 Å². The third kappa shape index (κ3) is 2.51. The van der Waals surface area contributed by atoms with Crippen molar-refractivity contribution in [3.05, 3.63) is 46.8 Å². The predicted molar refractivity (Wildman–Crippen MR) is 63.7 cm³/mol. The number of aryl methyl sites for hydroxylation is 1. The summed E-state index contributed by atoms with van der Waals surface area (Å²) in [4.78, 5) is 11.0. The van der Waals surface area contributed by atoms with Crippen LogP contribution in [0.4, 0.5) is 0 Å². The van der Waals surface area contributed by atoms with Gasteiger partial charge in [0.05, 0.1) is 11.3 Å². The highest BCUT2D eigenvalue weighted by atomic mass is 16.5. The van der Waals surface area contributed by atoms with Gasteiger partial charge in [0.1, 0.15) is 12.4 Å². The fraction of sp³-hybridized carbons (Fsp3) is 0.231. The van der Waals surface area contributed by atoms with E-state index in [4.69, 9.17) is 14.4 Å². The zero-order valence-corrected chi connectivity index (χ0v) is 10.1. The molecule has 0 spiro atoms. The number of aromatic carboxylic acids is 1. The van der Waals surface area contributed by atoms with Crippen molar-refractivity contribution in [1.29, 1.82) is 0 Å². The van der Waals surface area contributed by atoms with Gasteiger partial charge in [-0.3, -0.25) is 0 Å². The summed E-state index contributed by atoms with van der Waals surface area (Å²) in [5.74, 6) is 0.171. The molecule has 94 valence electrons. The number of aromatic nitrogens is 1. The number of ether oxygens (including phenoxy) is 1. The summed E-state index contributed by atoms with van der Waals surface area (Å²) in [5.41, 5.74) is 1.62. The molecule has 0 aliphatic heterocycles. The monoisotopic (exact) mass is 247 g/mol. The highest BCUT2D eigenvalue weighted by Gasteiger charge is 2.11. The third-order valence-electron chi connectivity index (χ3n) is 2.56. The molecule has 0 aliphatic carbocycles. The Labute approximate surface area is 104 Å². The maximum Gasteiger partial charge on any atom is 0.336 e. The fourth-order valence-corrected chi connectivity index (χ4v) is 1.64. The molecular weight excluding hydrogens is 234 g/mol. The average Bonchev–Trinajstić information content (AvgIpc) is 2.73. The summed E-state index contributed by atoms with van der Waals surface area (Å²) >= 11 is 0. The molecule has 1 aromatic heterocycles. The van der Waals surface area contributed by atoms with Gasteiger partial charge < -0.3 is 14.4 Å². The molecule has 1 heterocycles. The first-order valence-corrected chi connectivity index (χ1v) is 5.46. The first kappa shape index (κ1) is 12.2. The first-order chi connectivity index (χ1) is 8.58.